The van der Waals surface area contributed by atoms with Crippen molar-refractivity contribution in [2.75, 3.05) is 6.54 Å². The van der Waals surface area contributed by atoms with E-state index in [4.69, 9.17) is 5.73 Å². The molecule has 4 N–H and O–H groups in total. The average molecular weight is 227 g/mol. The molecule has 1 unspecified atom stereocenters. The first-order chi connectivity index (χ1) is 7.59. The zero-order chi connectivity index (χ0) is 12.0. The van der Waals surface area contributed by atoms with Gasteiger partial charge in [-0.2, -0.15) is 0 Å². The largest absolute Gasteiger partial charge is 0.391 e. The molecule has 1 aliphatic carbocycles. The Morgan fingerprint density at radius 3 is 2.56 bits per heavy atom. The van der Waals surface area contributed by atoms with Crippen LogP contribution in [0.2, 0.25) is 0 Å². The Balaban J connectivity index is 2.27. The normalized spacial score (nSPS) is 21.1. The summed E-state index contributed by atoms with van der Waals surface area (Å²) in [5, 5.41) is 12.8. The van der Waals surface area contributed by atoms with Crippen molar-refractivity contribution in [1.29, 1.82) is 0 Å². The summed E-state index contributed by atoms with van der Waals surface area (Å²) in [6.07, 6.45) is 5.86. The molecule has 1 rings (SSSR count). The molecule has 0 aromatic carbocycles. The number of hydrogen-bond acceptors (Lipinski definition) is 2. The predicted octanol–water partition coefficient (Wildman–Crippen LogP) is 1.24. The molecule has 1 saturated carbocycles. The monoisotopic (exact) mass is 227 g/mol. The molecule has 0 radical (unpaired) electrons. The van der Waals surface area contributed by atoms with E-state index in [1.165, 1.54) is 32.1 Å². The predicted molar refractivity (Wildman–Crippen MR) is 67.3 cm³/mol. The van der Waals surface area contributed by atoms with Crippen molar-refractivity contribution < 1.29 is 5.11 Å². The van der Waals surface area contributed by atoms with Crippen molar-refractivity contribution in [1.82, 2.24) is 5.32 Å². The van der Waals surface area contributed by atoms with E-state index in [2.05, 4.69) is 10.3 Å². The summed E-state index contributed by atoms with van der Waals surface area (Å²) in [5.41, 5.74) is 5.78. The standard InChI is InChI=1S/C12H25N3O/c1-9(2)11(16)8-14-12(13)15-10-6-4-3-5-7-10/h9-11,16H,3-8H2,1-2H3,(H3,13,14,15). The van der Waals surface area contributed by atoms with E-state index in [1.807, 2.05) is 13.8 Å². The van der Waals surface area contributed by atoms with E-state index < -0.39 is 6.10 Å². The first-order valence-electron chi connectivity index (χ1n) is 6.34. The summed E-state index contributed by atoms with van der Waals surface area (Å²) in [5.74, 6) is 0.706. The highest BCUT2D eigenvalue weighted by molar-refractivity contribution is 5.78. The van der Waals surface area contributed by atoms with Gasteiger partial charge in [0.2, 0.25) is 0 Å². The molecule has 0 saturated heterocycles. The van der Waals surface area contributed by atoms with Gasteiger partial charge < -0.3 is 16.2 Å². The van der Waals surface area contributed by atoms with Crippen molar-refractivity contribution in [3.8, 4) is 0 Å². The molecule has 4 heteroatoms. The van der Waals surface area contributed by atoms with Gasteiger partial charge in [0.25, 0.3) is 0 Å². The Morgan fingerprint density at radius 1 is 1.38 bits per heavy atom. The second-order valence-corrected chi connectivity index (χ2v) is 5.02. The van der Waals surface area contributed by atoms with E-state index in [0.717, 1.165) is 0 Å². The van der Waals surface area contributed by atoms with Crippen molar-refractivity contribution in [3.63, 3.8) is 0 Å². The lowest BCUT2D eigenvalue weighted by Gasteiger charge is -2.23. The molecule has 1 fully saturated rings. The van der Waals surface area contributed by atoms with Gasteiger partial charge in [-0.25, -0.2) is 0 Å². The van der Waals surface area contributed by atoms with Crippen molar-refractivity contribution >= 4 is 5.96 Å². The van der Waals surface area contributed by atoms with Crippen LogP contribution in [0, 0.1) is 5.92 Å². The Bertz CT molecular complexity index is 222. The molecule has 1 atom stereocenters. The second kappa shape index (κ2) is 6.74. The third kappa shape index (κ3) is 4.84. The summed E-state index contributed by atoms with van der Waals surface area (Å²) in [4.78, 5) is 4.17. The third-order valence-corrected chi connectivity index (χ3v) is 3.18. The van der Waals surface area contributed by atoms with E-state index in [9.17, 15) is 5.11 Å². The number of aliphatic hydroxyl groups is 1. The van der Waals surface area contributed by atoms with Crippen LogP contribution in [0.3, 0.4) is 0 Å². The molecule has 0 heterocycles. The molecule has 0 bridgehead atoms. The Labute approximate surface area is 98.3 Å². The van der Waals surface area contributed by atoms with Crippen LogP contribution in [0.1, 0.15) is 46.0 Å². The van der Waals surface area contributed by atoms with Crippen LogP contribution >= 0.6 is 0 Å². The lowest BCUT2D eigenvalue weighted by atomic mass is 9.96. The highest BCUT2D eigenvalue weighted by atomic mass is 16.3. The molecule has 1 aliphatic rings. The Kier molecular flexibility index (Phi) is 5.60. The number of aliphatic hydroxyl groups excluding tert-OH is 1. The summed E-state index contributed by atoms with van der Waals surface area (Å²) in [7, 11) is 0. The van der Waals surface area contributed by atoms with Crippen LogP contribution in [0.25, 0.3) is 0 Å². The smallest absolute Gasteiger partial charge is 0.188 e. The molecule has 0 aliphatic heterocycles. The molecular weight excluding hydrogens is 202 g/mol. The fourth-order valence-electron chi connectivity index (χ4n) is 1.90. The van der Waals surface area contributed by atoms with Crippen LogP contribution in [0.4, 0.5) is 0 Å². The van der Waals surface area contributed by atoms with E-state index in [-0.39, 0.29) is 5.92 Å². The van der Waals surface area contributed by atoms with Crippen molar-refractivity contribution in [2.24, 2.45) is 16.6 Å². The molecule has 4 nitrogen and oxygen atoms in total. The minimum absolute atomic E-state index is 0.228. The number of nitrogens with one attached hydrogen (secondary N) is 1. The van der Waals surface area contributed by atoms with E-state index >= 15 is 0 Å². The van der Waals surface area contributed by atoms with Gasteiger partial charge in [0.15, 0.2) is 5.96 Å². The molecular formula is C12H25N3O. The lowest BCUT2D eigenvalue weighted by molar-refractivity contribution is 0.134. The number of nitrogens with two attached hydrogens (primary N) is 1. The quantitative estimate of drug-likeness (QED) is 0.500. The van der Waals surface area contributed by atoms with Gasteiger partial charge in [0.1, 0.15) is 0 Å². The molecule has 0 aromatic heterocycles. The summed E-state index contributed by atoms with van der Waals surface area (Å²) >= 11 is 0. The number of rotatable bonds is 4. The van der Waals surface area contributed by atoms with Crippen LogP contribution in [0.15, 0.2) is 4.99 Å². The SMILES string of the molecule is CC(C)C(O)CN=C(N)NC1CCCCC1. The topological polar surface area (TPSA) is 70.6 Å². The van der Waals surface area contributed by atoms with Crippen LogP contribution < -0.4 is 11.1 Å². The fourth-order valence-corrected chi connectivity index (χ4v) is 1.90. The van der Waals surface area contributed by atoms with Crippen molar-refractivity contribution in [2.45, 2.75) is 58.1 Å². The zero-order valence-corrected chi connectivity index (χ0v) is 10.4. The van der Waals surface area contributed by atoms with Gasteiger partial charge >= 0.3 is 0 Å². The van der Waals surface area contributed by atoms with Gasteiger partial charge in [-0.1, -0.05) is 33.1 Å². The molecule has 0 aromatic rings. The number of aliphatic imine (C=N–C) groups is 1. The Hall–Kier alpha value is -0.770. The summed E-state index contributed by atoms with van der Waals surface area (Å²) in [6, 6.07) is 0.480. The van der Waals surface area contributed by atoms with Crippen LogP contribution in [0.5, 0.6) is 0 Å². The first kappa shape index (κ1) is 13.3. The maximum atomic E-state index is 9.59. The second-order valence-electron chi connectivity index (χ2n) is 5.02. The maximum Gasteiger partial charge on any atom is 0.188 e. The van der Waals surface area contributed by atoms with Crippen molar-refractivity contribution in [3.05, 3.63) is 0 Å². The zero-order valence-electron chi connectivity index (χ0n) is 10.4. The lowest BCUT2D eigenvalue weighted by Crippen LogP contribution is -2.41. The molecule has 0 spiro atoms. The minimum atomic E-state index is -0.397. The van der Waals surface area contributed by atoms with E-state index in [1.54, 1.807) is 0 Å². The van der Waals surface area contributed by atoms with Gasteiger partial charge in [-0.05, 0) is 18.8 Å². The van der Waals surface area contributed by atoms with Gasteiger partial charge in [-0.15, -0.1) is 0 Å². The highest BCUT2D eigenvalue weighted by Crippen LogP contribution is 2.16. The summed E-state index contributed by atoms with van der Waals surface area (Å²) in [6.45, 7) is 4.35. The minimum Gasteiger partial charge on any atom is -0.391 e. The average Bonchev–Trinajstić information content (AvgIpc) is 2.27. The van der Waals surface area contributed by atoms with Gasteiger partial charge in [0.05, 0.1) is 12.6 Å². The third-order valence-electron chi connectivity index (χ3n) is 3.18. The van der Waals surface area contributed by atoms with Gasteiger partial charge in [0, 0.05) is 6.04 Å². The number of nitrogens with zero attached hydrogens (tertiary/aromatic N) is 1. The highest BCUT2D eigenvalue weighted by Gasteiger charge is 2.14. The first-order valence-corrected chi connectivity index (χ1v) is 6.34. The van der Waals surface area contributed by atoms with Crippen LogP contribution in [-0.2, 0) is 0 Å². The molecule has 94 valence electrons. The van der Waals surface area contributed by atoms with Crippen LogP contribution in [-0.4, -0.2) is 29.8 Å². The maximum absolute atomic E-state index is 9.59. The molecule has 16 heavy (non-hydrogen) atoms. The van der Waals surface area contributed by atoms with Gasteiger partial charge in [-0.3, -0.25) is 4.99 Å². The molecule has 0 amide bonds. The number of hydrogen-bond donors (Lipinski definition) is 3. The number of guanidine groups is 1. The van der Waals surface area contributed by atoms with E-state index in [0.29, 0.717) is 18.5 Å². The summed E-state index contributed by atoms with van der Waals surface area (Å²) < 4.78 is 0. The fraction of sp³-hybridized carbons (Fsp3) is 0.917. The Morgan fingerprint density at radius 2 is 2.00 bits per heavy atom.